The van der Waals surface area contributed by atoms with Crippen LogP contribution in [-0.2, 0) is 0 Å². The molecule has 0 bridgehead atoms. The van der Waals surface area contributed by atoms with E-state index >= 15 is 0 Å². The maximum Gasteiger partial charge on any atom is 0.270 e. The number of anilines is 1. The number of non-ortho nitro benzene ring substituents is 1. The molecule has 0 aromatic heterocycles. The Morgan fingerprint density at radius 3 is 2.45 bits per heavy atom. The van der Waals surface area contributed by atoms with E-state index in [1.165, 1.54) is 6.07 Å². The standard InChI is InChI=1S/C23H22N3O2S/c1-24(2)16-8-10-19-21(13-16)29-22-14-17(25(3)4)9-11-20(22)23(19)15-6-5-7-18(12-15)26(27)28/h5-14H,1-4H3/q+1. The van der Waals surface area contributed by atoms with Crippen molar-refractivity contribution in [3.63, 3.8) is 0 Å². The summed E-state index contributed by atoms with van der Waals surface area (Å²) in [7, 11) is 8.11. The van der Waals surface area contributed by atoms with Crippen LogP contribution in [0.3, 0.4) is 0 Å². The first-order valence-corrected chi connectivity index (χ1v) is 10.1. The number of fused-ring (bicyclic) bond motifs is 2. The van der Waals surface area contributed by atoms with Crippen LogP contribution in [0.5, 0.6) is 0 Å². The minimum absolute atomic E-state index is 0.103. The van der Waals surface area contributed by atoms with Crippen LogP contribution in [0.1, 0.15) is 0 Å². The lowest BCUT2D eigenvalue weighted by Gasteiger charge is -2.18. The Morgan fingerprint density at radius 1 is 0.966 bits per heavy atom. The van der Waals surface area contributed by atoms with Crippen LogP contribution in [-0.4, -0.2) is 33.1 Å². The van der Waals surface area contributed by atoms with Gasteiger partial charge in [0.1, 0.15) is 14.1 Å². The smallest absolute Gasteiger partial charge is 0.270 e. The summed E-state index contributed by atoms with van der Waals surface area (Å²) in [6, 6.07) is 19.7. The van der Waals surface area contributed by atoms with Crippen molar-refractivity contribution >= 4 is 32.8 Å². The summed E-state index contributed by atoms with van der Waals surface area (Å²) < 4.78 is 3.24. The predicted octanol–water partition coefficient (Wildman–Crippen LogP) is 4.68. The topological polar surface area (TPSA) is 49.4 Å². The van der Waals surface area contributed by atoms with E-state index in [9.17, 15) is 10.1 Å². The molecule has 0 saturated carbocycles. The Hall–Kier alpha value is -3.25. The molecule has 0 atom stereocenters. The van der Waals surface area contributed by atoms with Crippen molar-refractivity contribution in [2.45, 2.75) is 0 Å². The molecule has 6 heteroatoms. The molecule has 2 aliphatic rings. The monoisotopic (exact) mass is 404 g/mol. The quantitative estimate of drug-likeness (QED) is 0.216. The second-order valence-corrected chi connectivity index (χ2v) is 8.52. The number of hydrogen-bond donors (Lipinski definition) is 0. The molecule has 2 aromatic rings. The molecule has 0 N–H and O–H groups in total. The minimum Gasteiger partial charge on any atom is -0.378 e. The van der Waals surface area contributed by atoms with Gasteiger partial charge in [-0.05, 0) is 29.3 Å². The van der Waals surface area contributed by atoms with Gasteiger partial charge in [-0.1, -0.05) is 18.2 Å². The first-order chi connectivity index (χ1) is 13.8. The molecule has 0 radical (unpaired) electrons. The molecular weight excluding hydrogens is 382 g/mol. The van der Waals surface area contributed by atoms with Gasteiger partial charge in [-0.15, -0.1) is 11.3 Å². The van der Waals surface area contributed by atoms with Gasteiger partial charge in [0.2, 0.25) is 5.36 Å². The van der Waals surface area contributed by atoms with Crippen molar-refractivity contribution in [3.05, 3.63) is 76.1 Å². The average Bonchev–Trinajstić information content (AvgIpc) is 2.71. The summed E-state index contributed by atoms with van der Waals surface area (Å²) in [4.78, 5) is 14.2. The fourth-order valence-corrected chi connectivity index (χ4v) is 4.67. The Labute approximate surface area is 173 Å². The van der Waals surface area contributed by atoms with Gasteiger partial charge in [0, 0.05) is 64.6 Å². The Bertz CT molecular complexity index is 1290. The van der Waals surface area contributed by atoms with Gasteiger partial charge in [-0.3, -0.25) is 10.1 Å². The van der Waals surface area contributed by atoms with Crippen LogP contribution in [0.15, 0.2) is 60.7 Å². The second kappa shape index (κ2) is 7.29. The van der Waals surface area contributed by atoms with Gasteiger partial charge in [0.05, 0.1) is 4.92 Å². The molecule has 4 rings (SSSR count). The van der Waals surface area contributed by atoms with Crippen LogP contribution in [0, 0.1) is 10.1 Å². The maximum absolute atomic E-state index is 11.3. The second-order valence-electron chi connectivity index (χ2n) is 7.43. The fourth-order valence-electron chi connectivity index (χ4n) is 3.51. The third-order valence-electron chi connectivity index (χ3n) is 5.07. The molecule has 1 aliphatic carbocycles. The Balaban J connectivity index is 2.13. The number of nitrogens with zero attached hydrogens (tertiary/aromatic N) is 3. The van der Waals surface area contributed by atoms with E-state index in [0.29, 0.717) is 0 Å². The fraction of sp³-hybridized carbons (Fsp3) is 0.174. The zero-order valence-corrected chi connectivity index (χ0v) is 17.7. The van der Waals surface area contributed by atoms with Gasteiger partial charge >= 0.3 is 0 Å². The number of hydrogen-bond acceptors (Lipinski definition) is 4. The highest BCUT2D eigenvalue weighted by Crippen LogP contribution is 2.44. The van der Waals surface area contributed by atoms with E-state index in [4.69, 9.17) is 0 Å². The van der Waals surface area contributed by atoms with Gasteiger partial charge in [0.15, 0.2) is 0 Å². The minimum atomic E-state index is -0.340. The predicted molar refractivity (Wildman–Crippen MR) is 122 cm³/mol. The van der Waals surface area contributed by atoms with Crippen molar-refractivity contribution in [1.29, 1.82) is 0 Å². The summed E-state index contributed by atoms with van der Waals surface area (Å²) >= 11 is 1.75. The summed E-state index contributed by atoms with van der Waals surface area (Å²) in [5.41, 5.74) is 4.23. The van der Waals surface area contributed by atoms with Gasteiger partial charge < -0.3 is 4.90 Å². The average molecular weight is 405 g/mol. The maximum atomic E-state index is 11.3. The molecule has 1 aliphatic heterocycles. The van der Waals surface area contributed by atoms with E-state index in [0.717, 1.165) is 42.7 Å². The highest BCUT2D eigenvalue weighted by atomic mass is 32.1. The zero-order chi connectivity index (χ0) is 20.7. The molecule has 5 nitrogen and oxygen atoms in total. The van der Waals surface area contributed by atoms with E-state index in [2.05, 4.69) is 45.9 Å². The summed E-state index contributed by atoms with van der Waals surface area (Å²) in [5, 5.41) is 13.6. The number of nitro groups is 1. The van der Waals surface area contributed by atoms with E-state index in [-0.39, 0.29) is 10.6 Å². The highest BCUT2D eigenvalue weighted by molar-refractivity contribution is 7.21. The SMILES string of the molecule is CN(C)c1ccc2c(-c3cccc([N+](=O)[O-])c3)c3ccc(=[N+](C)C)cc-3sc2c1. The largest absolute Gasteiger partial charge is 0.378 e. The normalized spacial score (nSPS) is 11.0. The summed E-state index contributed by atoms with van der Waals surface area (Å²) in [6.45, 7) is 0. The summed E-state index contributed by atoms with van der Waals surface area (Å²) in [5.74, 6) is 0. The molecule has 0 amide bonds. The summed E-state index contributed by atoms with van der Waals surface area (Å²) in [6.07, 6.45) is 0. The highest BCUT2D eigenvalue weighted by Gasteiger charge is 2.18. The number of nitro benzene ring substituents is 1. The molecule has 1 heterocycles. The van der Waals surface area contributed by atoms with Gasteiger partial charge in [-0.25, -0.2) is 4.58 Å². The van der Waals surface area contributed by atoms with Crippen LogP contribution in [0.25, 0.3) is 31.7 Å². The van der Waals surface area contributed by atoms with Crippen LogP contribution in [0.2, 0.25) is 0 Å². The Kier molecular flexibility index (Phi) is 4.80. The van der Waals surface area contributed by atoms with Crippen LogP contribution in [0.4, 0.5) is 11.4 Å². The third-order valence-corrected chi connectivity index (χ3v) is 6.18. The van der Waals surface area contributed by atoms with E-state index < -0.39 is 0 Å². The first kappa shape index (κ1) is 19.1. The molecular formula is C23H22N3O2S+. The molecule has 0 fully saturated rings. The molecule has 29 heavy (non-hydrogen) atoms. The lowest BCUT2D eigenvalue weighted by molar-refractivity contribution is -0.384. The molecule has 146 valence electrons. The van der Waals surface area contributed by atoms with Crippen molar-refractivity contribution in [3.8, 4) is 21.6 Å². The molecule has 2 aromatic carbocycles. The zero-order valence-electron chi connectivity index (χ0n) is 16.8. The number of benzene rings is 3. The first-order valence-electron chi connectivity index (χ1n) is 9.28. The Morgan fingerprint density at radius 2 is 1.76 bits per heavy atom. The van der Waals surface area contributed by atoms with Crippen molar-refractivity contribution in [1.82, 2.24) is 4.58 Å². The lowest BCUT2D eigenvalue weighted by Crippen LogP contribution is -2.21. The van der Waals surface area contributed by atoms with Crippen molar-refractivity contribution in [2.75, 3.05) is 33.1 Å². The molecule has 0 unspecified atom stereocenters. The van der Waals surface area contributed by atoms with Crippen molar-refractivity contribution < 1.29 is 4.92 Å². The van der Waals surface area contributed by atoms with Crippen LogP contribution < -0.4 is 14.8 Å². The third kappa shape index (κ3) is 3.47. The van der Waals surface area contributed by atoms with Gasteiger partial charge in [0.25, 0.3) is 5.69 Å². The van der Waals surface area contributed by atoms with E-state index in [1.54, 1.807) is 23.5 Å². The van der Waals surface area contributed by atoms with Crippen LogP contribution >= 0.6 is 11.3 Å². The molecule has 0 saturated heterocycles. The number of rotatable bonds is 3. The van der Waals surface area contributed by atoms with Crippen molar-refractivity contribution in [2.24, 2.45) is 0 Å². The molecule has 0 spiro atoms. The van der Waals surface area contributed by atoms with E-state index in [1.807, 2.05) is 34.3 Å². The van der Waals surface area contributed by atoms with Gasteiger partial charge in [-0.2, -0.15) is 0 Å². The lowest BCUT2D eigenvalue weighted by atomic mass is 9.95.